The second-order valence-corrected chi connectivity index (χ2v) is 10.5. The van der Waals surface area contributed by atoms with Crippen LogP contribution >= 0.6 is 0 Å². The van der Waals surface area contributed by atoms with E-state index in [9.17, 15) is 4.79 Å². The Kier molecular flexibility index (Phi) is 6.96. The van der Waals surface area contributed by atoms with Crippen LogP contribution in [0.2, 0.25) is 0 Å². The van der Waals surface area contributed by atoms with Crippen molar-refractivity contribution < 1.29 is 14.3 Å². The van der Waals surface area contributed by atoms with Gasteiger partial charge in [0.05, 0.1) is 18.6 Å². The maximum absolute atomic E-state index is 12.9. The molecule has 1 aromatic carbocycles. The lowest BCUT2D eigenvalue weighted by atomic mass is 9.67. The Balaban J connectivity index is 1.30. The van der Waals surface area contributed by atoms with Crippen LogP contribution in [-0.4, -0.2) is 76.0 Å². The Hall–Kier alpha value is -1.63. The van der Waals surface area contributed by atoms with Crippen molar-refractivity contribution in [2.24, 2.45) is 5.41 Å². The van der Waals surface area contributed by atoms with Crippen LogP contribution in [0.25, 0.3) is 0 Å². The van der Waals surface area contributed by atoms with Crippen LogP contribution in [0.3, 0.4) is 0 Å². The lowest BCUT2D eigenvalue weighted by molar-refractivity contribution is -0.134. The number of piperidine rings is 1. The van der Waals surface area contributed by atoms with E-state index in [4.69, 9.17) is 9.47 Å². The van der Waals surface area contributed by atoms with Crippen LogP contribution in [0.1, 0.15) is 62.5 Å². The van der Waals surface area contributed by atoms with Gasteiger partial charge in [-0.15, -0.1) is 0 Å². The Morgan fingerprint density at radius 1 is 1.18 bits per heavy atom. The topological polar surface area (TPSA) is 54.0 Å². The van der Waals surface area contributed by atoms with Crippen molar-refractivity contribution in [3.63, 3.8) is 0 Å². The minimum Gasteiger partial charge on any atom is -0.383 e. The number of ether oxygens (including phenoxy) is 2. The lowest BCUT2D eigenvalue weighted by Gasteiger charge is -2.41. The van der Waals surface area contributed by atoms with Crippen LogP contribution in [0.4, 0.5) is 5.69 Å². The summed E-state index contributed by atoms with van der Waals surface area (Å²) in [7, 11) is 1.83. The summed E-state index contributed by atoms with van der Waals surface area (Å²) >= 11 is 0. The highest BCUT2D eigenvalue weighted by atomic mass is 16.5. The number of nitrogens with zero attached hydrogens (tertiary/aromatic N) is 2. The Morgan fingerprint density at radius 2 is 2.03 bits per heavy atom. The van der Waals surface area contributed by atoms with Crippen LogP contribution in [0, 0.1) is 5.41 Å². The molecule has 1 spiro atoms. The first-order valence-electron chi connectivity index (χ1n) is 13.1. The normalized spacial score (nSPS) is 31.5. The largest absolute Gasteiger partial charge is 0.383 e. The van der Waals surface area contributed by atoms with Gasteiger partial charge in [-0.05, 0) is 74.8 Å². The quantitative estimate of drug-likeness (QED) is 0.713. The lowest BCUT2D eigenvalue weighted by Crippen LogP contribution is -2.48. The molecule has 1 amide bonds. The van der Waals surface area contributed by atoms with E-state index in [-0.39, 0.29) is 17.2 Å². The third-order valence-electron chi connectivity index (χ3n) is 8.92. The molecule has 5 rings (SSSR count). The number of hydrogen-bond acceptors (Lipinski definition) is 5. The van der Waals surface area contributed by atoms with Gasteiger partial charge >= 0.3 is 0 Å². The summed E-state index contributed by atoms with van der Waals surface area (Å²) < 4.78 is 11.4. The summed E-state index contributed by atoms with van der Waals surface area (Å²) in [6.07, 6.45) is 7.79. The Morgan fingerprint density at radius 3 is 2.76 bits per heavy atom. The molecule has 182 valence electrons. The number of rotatable bonds is 6. The summed E-state index contributed by atoms with van der Waals surface area (Å²) in [5.41, 5.74) is 3.76. The first-order chi connectivity index (χ1) is 16.2. The fraction of sp³-hybridized carbons (Fsp3) is 0.741. The summed E-state index contributed by atoms with van der Waals surface area (Å²) in [4.78, 5) is 18.2. The molecule has 4 aliphatic heterocycles. The zero-order chi connectivity index (χ0) is 22.8. The molecule has 0 bridgehead atoms. The zero-order valence-electron chi connectivity index (χ0n) is 20.5. The second kappa shape index (κ2) is 9.93. The number of carbonyl (C=O) groups is 1. The fourth-order valence-electron chi connectivity index (χ4n) is 7.04. The number of nitrogens with one attached hydrogen (secondary N) is 1. The average Bonchev–Trinajstić information content (AvgIpc) is 3.46. The third kappa shape index (κ3) is 4.30. The van der Waals surface area contributed by atoms with Gasteiger partial charge in [-0.2, -0.15) is 0 Å². The predicted octanol–water partition coefficient (Wildman–Crippen LogP) is 3.34. The smallest absolute Gasteiger partial charge is 0.227 e. The van der Waals surface area contributed by atoms with E-state index in [2.05, 4.69) is 40.2 Å². The fourth-order valence-corrected chi connectivity index (χ4v) is 7.04. The highest BCUT2D eigenvalue weighted by Crippen LogP contribution is 2.48. The first kappa shape index (κ1) is 23.1. The van der Waals surface area contributed by atoms with Gasteiger partial charge in [0.1, 0.15) is 0 Å². The molecule has 33 heavy (non-hydrogen) atoms. The number of carbonyl (C=O) groups excluding carboxylic acids is 1. The molecular weight excluding hydrogens is 414 g/mol. The number of amides is 1. The number of anilines is 1. The maximum Gasteiger partial charge on any atom is 0.227 e. The number of methoxy groups -OCH3 is 1. The molecule has 6 nitrogen and oxygen atoms in total. The van der Waals surface area contributed by atoms with E-state index in [1.165, 1.54) is 49.0 Å². The van der Waals surface area contributed by atoms with Crippen LogP contribution in [0.15, 0.2) is 18.2 Å². The Bertz CT molecular complexity index is 838. The van der Waals surface area contributed by atoms with Crippen molar-refractivity contribution in [1.82, 2.24) is 10.2 Å². The molecule has 3 unspecified atom stereocenters. The van der Waals surface area contributed by atoms with Crippen LogP contribution in [-0.2, 0) is 20.7 Å². The van der Waals surface area contributed by atoms with Crippen molar-refractivity contribution >= 4 is 11.6 Å². The molecule has 0 radical (unpaired) electrons. The van der Waals surface area contributed by atoms with Gasteiger partial charge in [0.25, 0.3) is 0 Å². The molecule has 0 aromatic heterocycles. The average molecular weight is 456 g/mol. The minimum atomic E-state index is -0.281. The van der Waals surface area contributed by atoms with E-state index in [1.807, 2.05) is 7.11 Å². The van der Waals surface area contributed by atoms with Gasteiger partial charge in [0.2, 0.25) is 5.91 Å². The van der Waals surface area contributed by atoms with Gasteiger partial charge in [-0.25, -0.2) is 0 Å². The molecule has 0 aliphatic carbocycles. The highest BCUT2D eigenvalue weighted by Gasteiger charge is 2.51. The number of hydrogen-bond donors (Lipinski definition) is 1. The van der Waals surface area contributed by atoms with Gasteiger partial charge in [-0.3, -0.25) is 9.69 Å². The highest BCUT2D eigenvalue weighted by molar-refractivity contribution is 5.86. The summed E-state index contributed by atoms with van der Waals surface area (Å²) in [5, 5.41) is 3.10. The van der Waals surface area contributed by atoms with Gasteiger partial charge in [-0.1, -0.05) is 13.0 Å². The van der Waals surface area contributed by atoms with Crippen molar-refractivity contribution in [2.75, 3.05) is 58.0 Å². The summed E-state index contributed by atoms with van der Waals surface area (Å²) in [6.45, 7) is 8.71. The minimum absolute atomic E-state index is 0.163. The standard InChI is InChI=1S/C27H41N3O3/c1-3-20-17-22(29-14-8-21(9-15-29)30-13-4-5-23(30)18-32-2)6-7-24(20)25-19-33-16-11-27(25)10-12-28-26(27)31/h6-7,17,21,23,25H,3-5,8-16,18-19H2,1-2H3,(H,28,31). The third-order valence-corrected chi connectivity index (χ3v) is 8.92. The molecular formula is C27H41N3O3. The van der Waals surface area contributed by atoms with Crippen molar-refractivity contribution in [1.29, 1.82) is 0 Å². The van der Waals surface area contributed by atoms with E-state index < -0.39 is 0 Å². The molecule has 4 heterocycles. The predicted molar refractivity (Wildman–Crippen MR) is 131 cm³/mol. The number of benzene rings is 1. The number of aryl methyl sites for hydroxylation is 1. The Labute approximate surface area is 199 Å². The number of likely N-dealkylation sites (tertiary alicyclic amines) is 1. The van der Waals surface area contributed by atoms with Crippen molar-refractivity contribution in [3.05, 3.63) is 29.3 Å². The molecule has 4 aliphatic rings. The van der Waals surface area contributed by atoms with E-state index in [1.54, 1.807) is 0 Å². The molecule has 0 saturated carbocycles. The monoisotopic (exact) mass is 455 g/mol. The van der Waals surface area contributed by atoms with Crippen molar-refractivity contribution in [3.8, 4) is 0 Å². The van der Waals surface area contributed by atoms with Gasteiger partial charge < -0.3 is 19.7 Å². The molecule has 3 atom stereocenters. The van der Waals surface area contributed by atoms with E-state index >= 15 is 0 Å². The van der Waals surface area contributed by atoms with E-state index in [0.29, 0.717) is 25.3 Å². The molecule has 6 heteroatoms. The van der Waals surface area contributed by atoms with Gasteiger partial charge in [0, 0.05) is 57.0 Å². The van der Waals surface area contributed by atoms with E-state index in [0.717, 1.165) is 45.5 Å². The zero-order valence-corrected chi connectivity index (χ0v) is 20.5. The summed E-state index contributed by atoms with van der Waals surface area (Å²) in [6, 6.07) is 8.30. The first-order valence-corrected chi connectivity index (χ1v) is 13.1. The molecule has 1 N–H and O–H groups in total. The van der Waals surface area contributed by atoms with Crippen LogP contribution in [0.5, 0.6) is 0 Å². The van der Waals surface area contributed by atoms with Gasteiger partial charge in [0.15, 0.2) is 0 Å². The van der Waals surface area contributed by atoms with Crippen LogP contribution < -0.4 is 10.2 Å². The SMILES string of the molecule is CCc1cc(N2CCC(N3CCCC3COC)CC2)ccc1C1COCCC12CCNC2=O. The molecule has 4 fully saturated rings. The summed E-state index contributed by atoms with van der Waals surface area (Å²) in [5.74, 6) is 0.397. The molecule has 1 aromatic rings. The maximum atomic E-state index is 12.9. The molecule has 4 saturated heterocycles. The second-order valence-electron chi connectivity index (χ2n) is 10.5. The van der Waals surface area contributed by atoms with Crippen molar-refractivity contribution in [2.45, 2.75) is 69.9 Å².